The highest BCUT2D eigenvalue weighted by Gasteiger charge is 2.13. The smallest absolute Gasteiger partial charge is 0.234 e. The summed E-state index contributed by atoms with van der Waals surface area (Å²) in [6.07, 6.45) is 3.72. The van der Waals surface area contributed by atoms with E-state index in [4.69, 9.17) is 14.2 Å². The van der Waals surface area contributed by atoms with E-state index in [1.54, 1.807) is 7.11 Å². The average Bonchev–Trinajstić information content (AvgIpc) is 2.87. The number of piperidine rings is 1. The molecule has 0 aromatic heterocycles. The summed E-state index contributed by atoms with van der Waals surface area (Å²) in [6, 6.07) is 14.3. The quantitative estimate of drug-likeness (QED) is 0.394. The van der Waals surface area contributed by atoms with Gasteiger partial charge in [-0.3, -0.25) is 0 Å². The van der Waals surface area contributed by atoms with Crippen molar-refractivity contribution in [2.75, 3.05) is 64.7 Å². The molecule has 8 nitrogen and oxygen atoms in total. The molecule has 0 unspecified atom stereocenters. The van der Waals surface area contributed by atoms with E-state index in [0.717, 1.165) is 34.8 Å². The number of fused-ring (bicyclic) bond motifs is 1. The van der Waals surface area contributed by atoms with Gasteiger partial charge in [0.05, 0.1) is 50.9 Å². The summed E-state index contributed by atoms with van der Waals surface area (Å²) in [4.78, 5) is 2.41. The molecule has 0 aliphatic carbocycles. The Morgan fingerprint density at radius 2 is 1.69 bits per heavy atom. The number of ether oxygens (including phenoxy) is 3. The highest BCUT2D eigenvalue weighted by atomic mass is 32.2. The largest absolute Gasteiger partial charge is 0.382 e. The zero-order valence-corrected chi connectivity index (χ0v) is 21.2. The van der Waals surface area contributed by atoms with Gasteiger partial charge in [-0.1, -0.05) is 18.2 Å². The molecule has 35 heavy (non-hydrogen) atoms. The van der Waals surface area contributed by atoms with Crippen LogP contribution < -0.4 is 9.62 Å². The van der Waals surface area contributed by atoms with Gasteiger partial charge in [0.25, 0.3) is 0 Å². The Labute approximate surface area is 208 Å². The molecular formula is C26H35N3O5S. The van der Waals surface area contributed by atoms with Crippen LogP contribution in [0.25, 0.3) is 16.3 Å². The van der Waals surface area contributed by atoms with E-state index in [9.17, 15) is 13.7 Å². The average molecular weight is 502 g/mol. The Hall–Kier alpha value is -2.48. The highest BCUT2D eigenvalue weighted by molar-refractivity contribution is 7.92. The van der Waals surface area contributed by atoms with Gasteiger partial charge < -0.3 is 19.1 Å². The molecule has 0 bridgehead atoms. The van der Waals surface area contributed by atoms with Gasteiger partial charge in [-0.2, -0.15) is 5.26 Å². The molecule has 0 spiro atoms. The first kappa shape index (κ1) is 27.1. The predicted molar refractivity (Wildman–Crippen MR) is 139 cm³/mol. The molecule has 2 aromatic carbocycles. The summed E-state index contributed by atoms with van der Waals surface area (Å²) in [5.74, 6) is 0. The number of allylic oxidation sites excluding steroid dienone is 1. The fourth-order valence-electron chi connectivity index (χ4n) is 4.03. The number of anilines is 1. The van der Waals surface area contributed by atoms with Gasteiger partial charge in [0.15, 0.2) is 0 Å². The summed E-state index contributed by atoms with van der Waals surface area (Å²) in [6.45, 7) is 4.33. The highest BCUT2D eigenvalue weighted by Crippen LogP contribution is 2.28. The molecule has 0 radical (unpaired) electrons. The van der Waals surface area contributed by atoms with Crippen molar-refractivity contribution >= 4 is 32.1 Å². The molecule has 0 saturated carbocycles. The number of methoxy groups -OCH3 is 1. The van der Waals surface area contributed by atoms with Crippen LogP contribution in [0.2, 0.25) is 0 Å². The topological polar surface area (TPSA) is 101 Å². The first-order valence-electron chi connectivity index (χ1n) is 12.0. The third kappa shape index (κ3) is 8.91. The fraction of sp³-hybridized carbons (Fsp3) is 0.500. The second-order valence-corrected chi connectivity index (χ2v) is 10.0. The van der Waals surface area contributed by atoms with Crippen molar-refractivity contribution in [3.05, 3.63) is 47.4 Å². The molecular weight excluding hydrogens is 466 g/mol. The molecule has 190 valence electrons. The van der Waals surface area contributed by atoms with Crippen molar-refractivity contribution < 1.29 is 22.6 Å². The Balaban J connectivity index is 1.61. The second kappa shape index (κ2) is 14.2. The van der Waals surface area contributed by atoms with Crippen LogP contribution in [0.1, 0.15) is 31.2 Å². The van der Waals surface area contributed by atoms with Crippen molar-refractivity contribution in [2.24, 2.45) is 0 Å². The molecule has 2 aromatic rings. The van der Waals surface area contributed by atoms with E-state index in [1.165, 1.54) is 24.9 Å². The maximum atomic E-state index is 12.6. The van der Waals surface area contributed by atoms with E-state index < -0.39 is 10.0 Å². The Morgan fingerprint density at radius 3 is 2.43 bits per heavy atom. The molecule has 1 fully saturated rings. The summed E-state index contributed by atoms with van der Waals surface area (Å²) in [7, 11) is -2.12. The first-order chi connectivity index (χ1) is 17.0. The zero-order valence-electron chi connectivity index (χ0n) is 20.4. The first-order valence-corrected chi connectivity index (χ1v) is 13.6. The van der Waals surface area contributed by atoms with Crippen LogP contribution in [0.5, 0.6) is 0 Å². The second-order valence-electron chi connectivity index (χ2n) is 8.43. The van der Waals surface area contributed by atoms with Gasteiger partial charge in [0, 0.05) is 32.4 Å². The molecule has 3 rings (SSSR count). The van der Waals surface area contributed by atoms with Crippen LogP contribution in [0, 0.1) is 11.3 Å². The van der Waals surface area contributed by atoms with Crippen LogP contribution >= 0.6 is 0 Å². The number of rotatable bonds is 14. The number of nitrogens with one attached hydrogen (secondary N) is 1. The summed E-state index contributed by atoms with van der Waals surface area (Å²) in [5.41, 5.74) is 2.39. The molecule has 9 heteroatoms. The molecule has 1 aliphatic heterocycles. The number of hydrogen-bond acceptors (Lipinski definition) is 7. The van der Waals surface area contributed by atoms with Gasteiger partial charge in [-0.15, -0.1) is 0 Å². The van der Waals surface area contributed by atoms with Crippen molar-refractivity contribution in [3.8, 4) is 6.07 Å². The van der Waals surface area contributed by atoms with Crippen molar-refractivity contribution in [1.82, 2.24) is 4.72 Å². The van der Waals surface area contributed by atoms with Gasteiger partial charge in [0.1, 0.15) is 0 Å². The number of hydrogen-bond donors (Lipinski definition) is 1. The normalized spacial score (nSPS) is 14.9. The fourth-order valence-corrected chi connectivity index (χ4v) is 5.07. The number of nitriles is 1. The van der Waals surface area contributed by atoms with E-state index in [2.05, 4.69) is 33.9 Å². The van der Waals surface area contributed by atoms with Gasteiger partial charge in [-0.05, 0) is 59.4 Å². The minimum absolute atomic E-state index is 0.00636. The van der Waals surface area contributed by atoms with Crippen LogP contribution in [0.3, 0.4) is 0 Å². The Morgan fingerprint density at radius 1 is 1.00 bits per heavy atom. The molecule has 1 heterocycles. The molecule has 1 saturated heterocycles. The van der Waals surface area contributed by atoms with Crippen LogP contribution in [-0.2, 0) is 24.2 Å². The summed E-state index contributed by atoms with van der Waals surface area (Å²) >= 11 is 0. The van der Waals surface area contributed by atoms with Crippen LogP contribution in [0.4, 0.5) is 5.69 Å². The van der Waals surface area contributed by atoms with Gasteiger partial charge in [-0.25, -0.2) is 13.1 Å². The Kier molecular flexibility index (Phi) is 11.0. The number of nitrogens with zero attached hydrogens (tertiary/aromatic N) is 2. The third-order valence-corrected chi connectivity index (χ3v) is 7.04. The minimum atomic E-state index is -3.73. The lowest BCUT2D eigenvalue weighted by atomic mass is 10.00. The standard InChI is InChI=1S/C26H35N3O5S/c1-32-15-16-34-18-17-33-14-11-28-35(30,31)21-25(9-10-27)23-5-6-24-20-26(8-7-22(24)19-23)29-12-3-2-4-13-29/h5-8,19-21,28H,2-4,9,11-18H2,1H3/b25-21-. The van der Waals surface area contributed by atoms with E-state index in [0.29, 0.717) is 32.0 Å². The monoisotopic (exact) mass is 501 g/mol. The molecule has 1 N–H and O–H groups in total. The zero-order chi connectivity index (χ0) is 24.9. The van der Waals surface area contributed by atoms with Crippen molar-refractivity contribution in [2.45, 2.75) is 25.7 Å². The third-order valence-electron chi connectivity index (χ3n) is 5.84. The number of sulfonamides is 1. The summed E-state index contributed by atoms with van der Waals surface area (Å²) in [5, 5.41) is 12.5. The molecule has 1 aliphatic rings. The van der Waals surface area contributed by atoms with E-state index >= 15 is 0 Å². The number of benzene rings is 2. The van der Waals surface area contributed by atoms with E-state index in [1.807, 2.05) is 18.2 Å². The van der Waals surface area contributed by atoms with Crippen LogP contribution in [-0.4, -0.2) is 68.2 Å². The predicted octanol–water partition coefficient (Wildman–Crippen LogP) is 3.68. The van der Waals surface area contributed by atoms with Crippen molar-refractivity contribution in [1.29, 1.82) is 5.26 Å². The minimum Gasteiger partial charge on any atom is -0.382 e. The lowest BCUT2D eigenvalue weighted by molar-refractivity contribution is 0.0263. The SMILES string of the molecule is COCCOCCOCCNS(=O)(=O)/C=C(/CC#N)c1ccc2cc(N3CCCCC3)ccc2c1. The summed E-state index contributed by atoms with van der Waals surface area (Å²) < 4.78 is 43.2. The molecule has 0 amide bonds. The maximum Gasteiger partial charge on any atom is 0.234 e. The van der Waals surface area contributed by atoms with Crippen LogP contribution in [0.15, 0.2) is 41.8 Å². The maximum absolute atomic E-state index is 12.6. The molecule has 0 atom stereocenters. The Bertz CT molecular complexity index is 1120. The lowest BCUT2D eigenvalue weighted by Crippen LogP contribution is -2.29. The van der Waals surface area contributed by atoms with E-state index in [-0.39, 0.29) is 19.6 Å². The van der Waals surface area contributed by atoms with Gasteiger partial charge in [0.2, 0.25) is 10.0 Å². The van der Waals surface area contributed by atoms with Crippen molar-refractivity contribution in [3.63, 3.8) is 0 Å². The lowest BCUT2D eigenvalue weighted by Gasteiger charge is -2.29. The van der Waals surface area contributed by atoms with Gasteiger partial charge >= 0.3 is 0 Å².